The van der Waals surface area contributed by atoms with Crippen molar-refractivity contribution in [3.05, 3.63) is 29.8 Å². The van der Waals surface area contributed by atoms with Crippen molar-refractivity contribution in [1.29, 1.82) is 0 Å². The van der Waals surface area contributed by atoms with Crippen molar-refractivity contribution in [3.63, 3.8) is 0 Å². The second-order valence-electron chi connectivity index (χ2n) is 8.64. The van der Waals surface area contributed by atoms with E-state index >= 15 is 0 Å². The van der Waals surface area contributed by atoms with Gasteiger partial charge >= 0.3 is 0 Å². The monoisotopic (exact) mass is 544 g/mol. The molecular formula is C24H41IN4O2. The maximum absolute atomic E-state index is 5.97. The van der Waals surface area contributed by atoms with Crippen LogP contribution in [0.15, 0.2) is 29.3 Å². The quantitative estimate of drug-likeness (QED) is 0.231. The summed E-state index contributed by atoms with van der Waals surface area (Å²) in [6, 6.07) is 9.02. The Hall–Kier alpha value is -1.06. The third kappa shape index (κ3) is 8.42. The van der Waals surface area contributed by atoms with Crippen LogP contribution in [0, 0.1) is 5.92 Å². The third-order valence-electron chi connectivity index (χ3n) is 6.34. The zero-order chi connectivity index (χ0) is 21.2. The molecule has 3 rings (SSSR count). The molecule has 176 valence electrons. The van der Waals surface area contributed by atoms with Crippen LogP contribution in [-0.2, 0) is 16.0 Å². The molecule has 2 fully saturated rings. The number of aliphatic imine (C=N–C) groups is 1. The molecule has 2 saturated heterocycles. The molecule has 0 unspecified atom stereocenters. The summed E-state index contributed by atoms with van der Waals surface area (Å²) in [5, 5.41) is 3.54. The third-order valence-corrected chi connectivity index (χ3v) is 6.34. The number of hydrogen-bond donors (Lipinski definition) is 1. The average Bonchev–Trinajstić information content (AvgIpc) is 2.79. The zero-order valence-corrected chi connectivity index (χ0v) is 21.8. The van der Waals surface area contributed by atoms with E-state index in [9.17, 15) is 0 Å². The molecule has 0 spiro atoms. The van der Waals surface area contributed by atoms with Crippen LogP contribution in [0.3, 0.4) is 0 Å². The maximum Gasteiger partial charge on any atom is 0.193 e. The summed E-state index contributed by atoms with van der Waals surface area (Å²) in [6.45, 7) is 9.05. The normalized spacial score (nSPS) is 18.7. The minimum atomic E-state index is 0. The number of nitrogens with zero attached hydrogens (tertiary/aromatic N) is 3. The highest BCUT2D eigenvalue weighted by atomic mass is 127. The zero-order valence-electron chi connectivity index (χ0n) is 19.5. The van der Waals surface area contributed by atoms with Gasteiger partial charge in [-0.1, -0.05) is 19.1 Å². The molecule has 2 aliphatic heterocycles. The lowest BCUT2D eigenvalue weighted by molar-refractivity contribution is 0.00989. The Bertz CT molecular complexity index is 639. The fourth-order valence-electron chi connectivity index (χ4n) is 4.29. The molecule has 0 saturated carbocycles. The molecular weight excluding hydrogens is 503 g/mol. The number of hydrogen-bond acceptors (Lipinski definition) is 4. The highest BCUT2D eigenvalue weighted by Crippen LogP contribution is 2.23. The van der Waals surface area contributed by atoms with Crippen LogP contribution in [-0.4, -0.2) is 70.5 Å². The van der Waals surface area contributed by atoms with Gasteiger partial charge in [-0.2, -0.15) is 0 Å². The van der Waals surface area contributed by atoms with Crippen molar-refractivity contribution in [2.24, 2.45) is 10.9 Å². The Morgan fingerprint density at radius 1 is 1.03 bits per heavy atom. The number of piperidine rings is 2. The molecule has 0 bridgehead atoms. The topological polar surface area (TPSA) is 49.3 Å². The SMILES string of the molecule is CN=C(NCc1ccc(N2CCC(C)CC2)cc1)N1CCC(OCCCOC)CC1.I. The van der Waals surface area contributed by atoms with E-state index in [2.05, 4.69) is 51.3 Å². The summed E-state index contributed by atoms with van der Waals surface area (Å²) in [6.07, 6.45) is 6.04. The van der Waals surface area contributed by atoms with Crippen molar-refractivity contribution in [2.45, 2.75) is 51.7 Å². The van der Waals surface area contributed by atoms with Crippen molar-refractivity contribution in [3.8, 4) is 0 Å². The highest BCUT2D eigenvalue weighted by molar-refractivity contribution is 14.0. The number of ether oxygens (including phenoxy) is 2. The Morgan fingerprint density at radius 3 is 2.32 bits per heavy atom. The number of methoxy groups -OCH3 is 1. The van der Waals surface area contributed by atoms with Crippen LogP contribution in [0.4, 0.5) is 5.69 Å². The van der Waals surface area contributed by atoms with Gasteiger partial charge in [-0.3, -0.25) is 4.99 Å². The van der Waals surface area contributed by atoms with Crippen LogP contribution in [0.5, 0.6) is 0 Å². The summed E-state index contributed by atoms with van der Waals surface area (Å²) in [7, 11) is 3.61. The van der Waals surface area contributed by atoms with Gasteiger partial charge in [-0.25, -0.2) is 0 Å². The smallest absolute Gasteiger partial charge is 0.193 e. The number of benzene rings is 1. The van der Waals surface area contributed by atoms with Gasteiger partial charge in [-0.15, -0.1) is 24.0 Å². The van der Waals surface area contributed by atoms with Crippen LogP contribution < -0.4 is 10.2 Å². The number of halogens is 1. The van der Waals surface area contributed by atoms with Gasteiger partial charge < -0.3 is 24.6 Å². The van der Waals surface area contributed by atoms with Crippen molar-refractivity contribution >= 4 is 35.6 Å². The maximum atomic E-state index is 5.97. The summed E-state index contributed by atoms with van der Waals surface area (Å²) >= 11 is 0. The van der Waals surface area contributed by atoms with Gasteiger partial charge in [0.05, 0.1) is 6.10 Å². The molecule has 2 heterocycles. The lowest BCUT2D eigenvalue weighted by atomic mass is 9.99. The average molecular weight is 545 g/mol. The summed E-state index contributed by atoms with van der Waals surface area (Å²) < 4.78 is 11.1. The number of likely N-dealkylation sites (tertiary alicyclic amines) is 1. The van der Waals surface area contributed by atoms with Crippen LogP contribution >= 0.6 is 24.0 Å². The molecule has 31 heavy (non-hydrogen) atoms. The minimum absolute atomic E-state index is 0. The minimum Gasteiger partial charge on any atom is -0.385 e. The van der Waals surface area contributed by atoms with Crippen molar-refractivity contribution in [1.82, 2.24) is 10.2 Å². The molecule has 0 atom stereocenters. The molecule has 0 aromatic heterocycles. The van der Waals surface area contributed by atoms with E-state index in [1.54, 1.807) is 7.11 Å². The largest absolute Gasteiger partial charge is 0.385 e. The van der Waals surface area contributed by atoms with E-state index in [0.29, 0.717) is 6.10 Å². The van der Waals surface area contributed by atoms with E-state index in [0.717, 1.165) is 64.0 Å². The van der Waals surface area contributed by atoms with E-state index < -0.39 is 0 Å². The first-order valence-corrected chi connectivity index (χ1v) is 11.6. The molecule has 2 aliphatic rings. The molecule has 1 aromatic rings. The standard InChI is InChI=1S/C24H40N4O2.HI/c1-20-9-13-27(14-10-20)22-7-5-21(6-8-22)19-26-24(25-2)28-15-11-23(12-16-28)30-18-4-17-29-3;/h5-8,20,23H,4,9-19H2,1-3H3,(H,25,26);1H. The molecule has 1 N–H and O–H groups in total. The van der Waals surface area contributed by atoms with Crippen LogP contribution in [0.1, 0.15) is 44.6 Å². The van der Waals surface area contributed by atoms with E-state index in [1.807, 2.05) is 7.05 Å². The molecule has 7 heteroatoms. The predicted octanol–water partition coefficient (Wildman–Crippen LogP) is 4.13. The Morgan fingerprint density at radius 2 is 1.71 bits per heavy atom. The molecule has 6 nitrogen and oxygen atoms in total. The summed E-state index contributed by atoms with van der Waals surface area (Å²) in [4.78, 5) is 9.36. The Kier molecular flexibility index (Phi) is 12.0. The lowest BCUT2D eigenvalue weighted by Gasteiger charge is -2.34. The van der Waals surface area contributed by atoms with Crippen molar-refractivity contribution in [2.75, 3.05) is 58.5 Å². The summed E-state index contributed by atoms with van der Waals surface area (Å²) in [5.74, 6) is 1.85. The summed E-state index contributed by atoms with van der Waals surface area (Å²) in [5.41, 5.74) is 2.64. The van der Waals surface area contributed by atoms with Gasteiger partial charge in [0, 0.05) is 65.8 Å². The highest BCUT2D eigenvalue weighted by Gasteiger charge is 2.22. The first-order valence-electron chi connectivity index (χ1n) is 11.6. The van der Waals surface area contributed by atoms with E-state index in [1.165, 1.54) is 37.2 Å². The van der Waals surface area contributed by atoms with E-state index in [4.69, 9.17) is 9.47 Å². The van der Waals surface area contributed by atoms with Crippen LogP contribution in [0.2, 0.25) is 0 Å². The first kappa shape index (κ1) is 26.2. The lowest BCUT2D eigenvalue weighted by Crippen LogP contribution is -2.46. The number of nitrogens with one attached hydrogen (secondary N) is 1. The van der Waals surface area contributed by atoms with Gasteiger partial charge in [0.25, 0.3) is 0 Å². The Labute approximate surface area is 205 Å². The molecule has 1 aromatic carbocycles. The molecule has 0 amide bonds. The molecule has 0 radical (unpaired) electrons. The fourth-order valence-corrected chi connectivity index (χ4v) is 4.29. The van der Waals surface area contributed by atoms with Crippen LogP contribution in [0.25, 0.3) is 0 Å². The second kappa shape index (κ2) is 14.2. The number of rotatable bonds is 8. The predicted molar refractivity (Wildman–Crippen MR) is 140 cm³/mol. The Balaban J connectivity index is 0.00000341. The second-order valence-corrected chi connectivity index (χ2v) is 8.64. The van der Waals surface area contributed by atoms with Crippen molar-refractivity contribution < 1.29 is 9.47 Å². The van der Waals surface area contributed by atoms with Gasteiger partial charge in [-0.05, 0) is 55.7 Å². The van der Waals surface area contributed by atoms with E-state index in [-0.39, 0.29) is 24.0 Å². The number of guanidine groups is 1. The fraction of sp³-hybridized carbons (Fsp3) is 0.708. The van der Waals surface area contributed by atoms with Gasteiger partial charge in [0.1, 0.15) is 0 Å². The van der Waals surface area contributed by atoms with Gasteiger partial charge in [0.15, 0.2) is 5.96 Å². The van der Waals surface area contributed by atoms with Gasteiger partial charge in [0.2, 0.25) is 0 Å². The first-order chi connectivity index (χ1) is 14.7. The molecule has 0 aliphatic carbocycles. The number of anilines is 1.